The van der Waals surface area contributed by atoms with Gasteiger partial charge in [-0.1, -0.05) is 23.2 Å². The van der Waals surface area contributed by atoms with Crippen molar-refractivity contribution in [3.63, 3.8) is 0 Å². The van der Waals surface area contributed by atoms with E-state index in [9.17, 15) is 14.7 Å². The SMILES string of the molecule is CCOC(=O)COc1ccc(C(=O)c2ccc(O)c(C[N+](C)(C)C)c2)c(Cl)c1Cl.[Cl-]. The van der Waals surface area contributed by atoms with Crippen molar-refractivity contribution in [1.29, 1.82) is 0 Å². The van der Waals surface area contributed by atoms with Gasteiger partial charge >= 0.3 is 5.97 Å². The molecule has 0 saturated heterocycles. The molecular formula is C21H24Cl3NO5. The van der Waals surface area contributed by atoms with E-state index in [-0.39, 0.29) is 58.5 Å². The number of ether oxygens (including phenoxy) is 2. The van der Waals surface area contributed by atoms with Gasteiger partial charge < -0.3 is 31.5 Å². The average molecular weight is 477 g/mol. The molecule has 0 aromatic heterocycles. The van der Waals surface area contributed by atoms with Crippen molar-refractivity contribution in [3.05, 3.63) is 57.1 Å². The fraction of sp³-hybridized carbons (Fsp3) is 0.333. The van der Waals surface area contributed by atoms with Crippen molar-refractivity contribution in [3.8, 4) is 11.5 Å². The van der Waals surface area contributed by atoms with Crippen LogP contribution in [0.4, 0.5) is 0 Å². The minimum absolute atomic E-state index is 0. The molecule has 6 nitrogen and oxygen atoms in total. The normalized spacial score (nSPS) is 10.9. The Hall–Kier alpha value is -1.99. The summed E-state index contributed by atoms with van der Waals surface area (Å²) in [6, 6.07) is 7.64. The number of benzene rings is 2. The minimum atomic E-state index is -0.534. The lowest BCUT2D eigenvalue weighted by atomic mass is 10.00. The van der Waals surface area contributed by atoms with Crippen LogP contribution in [0, 0.1) is 0 Å². The van der Waals surface area contributed by atoms with Gasteiger partial charge in [-0.25, -0.2) is 4.79 Å². The molecule has 1 N–H and O–H groups in total. The molecule has 164 valence electrons. The van der Waals surface area contributed by atoms with Crippen molar-refractivity contribution in [2.24, 2.45) is 0 Å². The van der Waals surface area contributed by atoms with Crippen molar-refractivity contribution < 1.29 is 41.1 Å². The highest BCUT2D eigenvalue weighted by atomic mass is 35.5. The van der Waals surface area contributed by atoms with Gasteiger partial charge in [0, 0.05) is 16.7 Å². The second kappa shape index (κ2) is 10.9. The lowest BCUT2D eigenvalue weighted by Crippen LogP contribution is -3.00. The van der Waals surface area contributed by atoms with Crippen molar-refractivity contribution in [1.82, 2.24) is 0 Å². The van der Waals surface area contributed by atoms with Crippen LogP contribution in [0.1, 0.15) is 28.4 Å². The maximum Gasteiger partial charge on any atom is 0.344 e. The van der Waals surface area contributed by atoms with E-state index in [1.807, 2.05) is 21.1 Å². The van der Waals surface area contributed by atoms with Crippen LogP contribution in [0.25, 0.3) is 0 Å². The van der Waals surface area contributed by atoms with E-state index in [2.05, 4.69) is 0 Å². The van der Waals surface area contributed by atoms with E-state index in [1.54, 1.807) is 13.0 Å². The highest BCUT2D eigenvalue weighted by Crippen LogP contribution is 2.36. The first-order valence-electron chi connectivity index (χ1n) is 8.97. The third-order valence-electron chi connectivity index (χ3n) is 3.93. The number of esters is 1. The molecule has 0 amide bonds. The third kappa shape index (κ3) is 6.77. The zero-order valence-corrected chi connectivity index (χ0v) is 19.4. The molecule has 0 saturated carbocycles. The largest absolute Gasteiger partial charge is 1.00 e. The number of rotatable bonds is 8. The lowest BCUT2D eigenvalue weighted by Gasteiger charge is -2.24. The smallest absolute Gasteiger partial charge is 0.344 e. The Morgan fingerprint density at radius 2 is 1.73 bits per heavy atom. The van der Waals surface area contributed by atoms with Gasteiger partial charge in [0.05, 0.1) is 32.8 Å². The quantitative estimate of drug-likeness (QED) is 0.351. The lowest BCUT2D eigenvalue weighted by molar-refractivity contribution is -0.884. The molecule has 0 aliphatic heterocycles. The van der Waals surface area contributed by atoms with Gasteiger partial charge in [0.2, 0.25) is 0 Å². The van der Waals surface area contributed by atoms with Crippen LogP contribution in [-0.4, -0.2) is 55.7 Å². The van der Waals surface area contributed by atoms with Crippen LogP contribution >= 0.6 is 23.2 Å². The van der Waals surface area contributed by atoms with Crippen LogP contribution in [0.3, 0.4) is 0 Å². The number of nitrogens with zero attached hydrogens (tertiary/aromatic N) is 1. The van der Waals surface area contributed by atoms with E-state index < -0.39 is 5.97 Å². The van der Waals surface area contributed by atoms with Gasteiger partial charge in [-0.2, -0.15) is 0 Å². The van der Waals surface area contributed by atoms with E-state index in [0.717, 1.165) is 0 Å². The Morgan fingerprint density at radius 3 is 2.33 bits per heavy atom. The van der Waals surface area contributed by atoms with Gasteiger partial charge in [-0.05, 0) is 37.3 Å². The predicted molar refractivity (Wildman–Crippen MR) is 112 cm³/mol. The van der Waals surface area contributed by atoms with E-state index in [0.29, 0.717) is 22.2 Å². The zero-order valence-electron chi connectivity index (χ0n) is 17.2. The number of carbonyl (C=O) groups excluding carboxylic acids is 2. The first-order valence-corrected chi connectivity index (χ1v) is 9.72. The Morgan fingerprint density at radius 1 is 1.07 bits per heavy atom. The summed E-state index contributed by atoms with van der Waals surface area (Å²) >= 11 is 12.5. The summed E-state index contributed by atoms with van der Waals surface area (Å²) in [5.41, 5.74) is 1.23. The molecule has 0 radical (unpaired) electrons. The first kappa shape index (κ1) is 26.0. The molecule has 0 aliphatic rings. The Labute approximate surface area is 192 Å². The van der Waals surface area contributed by atoms with Crippen molar-refractivity contribution >= 4 is 35.0 Å². The molecule has 0 spiro atoms. The minimum Gasteiger partial charge on any atom is -1.00 e. The number of phenols is 1. The van der Waals surface area contributed by atoms with Gasteiger partial charge in [-0.3, -0.25) is 4.79 Å². The van der Waals surface area contributed by atoms with Gasteiger partial charge in [0.15, 0.2) is 12.4 Å². The van der Waals surface area contributed by atoms with E-state index >= 15 is 0 Å². The molecule has 0 fully saturated rings. The molecule has 2 aromatic rings. The summed E-state index contributed by atoms with van der Waals surface area (Å²) in [6.07, 6.45) is 0. The topological polar surface area (TPSA) is 72.8 Å². The number of hydrogen-bond donors (Lipinski definition) is 1. The zero-order chi connectivity index (χ0) is 21.8. The van der Waals surface area contributed by atoms with Gasteiger partial charge in [0.25, 0.3) is 0 Å². The van der Waals surface area contributed by atoms with Crippen LogP contribution in [-0.2, 0) is 16.1 Å². The van der Waals surface area contributed by atoms with Crippen molar-refractivity contribution in [2.45, 2.75) is 13.5 Å². The van der Waals surface area contributed by atoms with Gasteiger partial charge in [0.1, 0.15) is 23.1 Å². The van der Waals surface area contributed by atoms with Gasteiger partial charge in [-0.15, -0.1) is 0 Å². The third-order valence-corrected chi connectivity index (χ3v) is 4.79. The Balaban J connectivity index is 0.00000450. The number of phenolic OH excluding ortho intramolecular Hbond substituents is 1. The monoisotopic (exact) mass is 475 g/mol. The van der Waals surface area contributed by atoms with Crippen LogP contribution in [0.15, 0.2) is 30.3 Å². The molecule has 0 atom stereocenters. The number of halogens is 3. The molecule has 2 aromatic carbocycles. The van der Waals surface area contributed by atoms with Crippen LogP contribution in [0.2, 0.25) is 10.0 Å². The van der Waals surface area contributed by atoms with Crippen molar-refractivity contribution in [2.75, 3.05) is 34.4 Å². The number of aromatic hydroxyl groups is 1. The number of quaternary nitrogens is 1. The second-order valence-corrected chi connectivity index (χ2v) is 8.21. The fourth-order valence-electron chi connectivity index (χ4n) is 2.68. The van der Waals surface area contributed by atoms with E-state index in [4.69, 9.17) is 32.7 Å². The molecule has 30 heavy (non-hydrogen) atoms. The summed E-state index contributed by atoms with van der Waals surface area (Å²) in [5, 5.41) is 10.2. The molecule has 0 bridgehead atoms. The number of carbonyl (C=O) groups is 2. The maximum absolute atomic E-state index is 13.0. The summed E-state index contributed by atoms with van der Waals surface area (Å²) in [6.45, 7) is 2.16. The predicted octanol–water partition coefficient (Wildman–Crippen LogP) is 1.08. The highest BCUT2D eigenvalue weighted by Gasteiger charge is 2.21. The number of ketones is 1. The first-order chi connectivity index (χ1) is 13.5. The summed E-state index contributed by atoms with van der Waals surface area (Å²) in [4.78, 5) is 24.4. The summed E-state index contributed by atoms with van der Waals surface area (Å²) < 4.78 is 10.7. The van der Waals surface area contributed by atoms with Crippen LogP contribution < -0.4 is 17.1 Å². The fourth-order valence-corrected chi connectivity index (χ4v) is 3.14. The van der Waals surface area contributed by atoms with Crippen LogP contribution in [0.5, 0.6) is 11.5 Å². The molecule has 0 unspecified atom stereocenters. The molecule has 2 rings (SSSR count). The summed E-state index contributed by atoms with van der Waals surface area (Å²) in [7, 11) is 5.96. The van der Waals surface area contributed by atoms with E-state index in [1.165, 1.54) is 24.3 Å². The Bertz CT molecular complexity index is 926. The standard InChI is InChI=1S/C21H23Cl2NO5.ClH/c1-5-28-18(26)12-29-17-9-7-15(19(22)20(17)23)21(27)13-6-8-16(25)14(10-13)11-24(2,3)4;/h6-10H,5,11-12H2,1-4H3;1H. The molecule has 0 aliphatic carbocycles. The molecular weight excluding hydrogens is 453 g/mol. The molecule has 9 heteroatoms. The highest BCUT2D eigenvalue weighted by molar-refractivity contribution is 6.45. The average Bonchev–Trinajstić information content (AvgIpc) is 2.63. The molecule has 0 heterocycles. The summed E-state index contributed by atoms with van der Waals surface area (Å²) in [5.74, 6) is -0.565. The Kier molecular flexibility index (Phi) is 9.43. The number of hydrogen-bond acceptors (Lipinski definition) is 5. The second-order valence-electron chi connectivity index (χ2n) is 7.45. The maximum atomic E-state index is 13.0.